The molecule has 0 saturated carbocycles. The molecule has 0 aliphatic heterocycles. The van der Waals surface area contributed by atoms with E-state index in [-0.39, 0.29) is 0 Å². The molecule has 1 heteroatoms. The number of hydrogen-bond donors (Lipinski definition) is 1. The highest BCUT2D eigenvalue weighted by Gasteiger charge is 2.06. The summed E-state index contributed by atoms with van der Waals surface area (Å²) in [6.45, 7) is 2.59. The second-order valence-electron chi connectivity index (χ2n) is 6.28. The topological polar surface area (TPSA) is 20.2 Å². The normalized spacial score (nSPS) is 19.4. The zero-order valence-electron chi connectivity index (χ0n) is 13.8. The predicted molar refractivity (Wildman–Crippen MR) is 93.3 cm³/mol. The molecule has 1 aliphatic carbocycles. The van der Waals surface area contributed by atoms with Gasteiger partial charge in [-0.05, 0) is 37.5 Å². The second-order valence-corrected chi connectivity index (χ2v) is 6.28. The van der Waals surface area contributed by atoms with Gasteiger partial charge in [-0.1, -0.05) is 81.9 Å². The lowest BCUT2D eigenvalue weighted by Gasteiger charge is -2.14. The van der Waals surface area contributed by atoms with Gasteiger partial charge in [0.25, 0.3) is 0 Å². The highest BCUT2D eigenvalue weighted by molar-refractivity contribution is 5.15. The van der Waals surface area contributed by atoms with Gasteiger partial charge in [-0.15, -0.1) is 0 Å². The molecule has 0 aromatic heterocycles. The largest absolute Gasteiger partial charge is 0.396 e. The number of hydrogen-bond acceptors (Lipinski definition) is 1. The Morgan fingerprint density at radius 1 is 1.05 bits per heavy atom. The van der Waals surface area contributed by atoms with E-state index >= 15 is 0 Å². The van der Waals surface area contributed by atoms with E-state index in [0.717, 1.165) is 19.3 Å². The van der Waals surface area contributed by atoms with Gasteiger partial charge in [0, 0.05) is 6.61 Å². The molecule has 1 rings (SSSR count). The summed E-state index contributed by atoms with van der Waals surface area (Å²) in [6, 6.07) is 0. The SMILES string of the molecule is CCCCCCCCC(C=CC1C=CC=CC1)CCCO. The summed E-state index contributed by atoms with van der Waals surface area (Å²) in [5, 5.41) is 9.06. The minimum absolute atomic E-state index is 0.326. The van der Waals surface area contributed by atoms with E-state index in [1.54, 1.807) is 0 Å². The maximum absolute atomic E-state index is 9.06. The lowest BCUT2D eigenvalue weighted by Crippen LogP contribution is -2.01. The van der Waals surface area contributed by atoms with E-state index in [2.05, 4.69) is 43.4 Å². The Hall–Kier alpha value is -0.820. The van der Waals surface area contributed by atoms with Crippen molar-refractivity contribution in [3.63, 3.8) is 0 Å². The van der Waals surface area contributed by atoms with Gasteiger partial charge in [-0.3, -0.25) is 0 Å². The Labute approximate surface area is 131 Å². The Morgan fingerprint density at radius 3 is 2.52 bits per heavy atom. The second kappa shape index (κ2) is 12.9. The van der Waals surface area contributed by atoms with Crippen LogP contribution in [0.3, 0.4) is 0 Å². The van der Waals surface area contributed by atoms with Gasteiger partial charge in [0.05, 0.1) is 0 Å². The van der Waals surface area contributed by atoms with Crippen molar-refractivity contribution in [2.24, 2.45) is 11.8 Å². The van der Waals surface area contributed by atoms with Crippen molar-refractivity contribution in [1.82, 2.24) is 0 Å². The van der Waals surface area contributed by atoms with Crippen molar-refractivity contribution in [1.29, 1.82) is 0 Å². The summed E-state index contributed by atoms with van der Waals surface area (Å²) in [5.41, 5.74) is 0. The van der Waals surface area contributed by atoms with E-state index in [1.165, 1.54) is 44.9 Å². The summed E-state index contributed by atoms with van der Waals surface area (Å²) < 4.78 is 0. The van der Waals surface area contributed by atoms with Crippen LogP contribution in [0.5, 0.6) is 0 Å². The molecule has 0 radical (unpaired) electrons. The van der Waals surface area contributed by atoms with Gasteiger partial charge in [-0.2, -0.15) is 0 Å². The first-order valence-electron chi connectivity index (χ1n) is 8.99. The van der Waals surface area contributed by atoms with Crippen LogP contribution in [0.25, 0.3) is 0 Å². The molecule has 0 spiro atoms. The molecule has 1 aliphatic rings. The number of rotatable bonds is 12. The molecule has 0 saturated heterocycles. The first-order valence-corrected chi connectivity index (χ1v) is 8.99. The number of unbranched alkanes of at least 4 members (excludes halogenated alkanes) is 5. The summed E-state index contributed by atoms with van der Waals surface area (Å²) >= 11 is 0. The molecule has 0 aromatic rings. The standard InChI is InChI=1S/C20H34O/c1-2-3-4-5-6-8-12-20(15-11-18-21)17-16-19-13-9-7-10-14-19/h7,9-10,13,16-17,19-21H,2-6,8,11-12,14-15,18H2,1H3. The molecule has 0 aromatic carbocycles. The first-order chi connectivity index (χ1) is 10.4. The summed E-state index contributed by atoms with van der Waals surface area (Å²) in [7, 11) is 0. The molecule has 1 N–H and O–H groups in total. The summed E-state index contributed by atoms with van der Waals surface area (Å²) in [6.07, 6.45) is 26.3. The van der Waals surface area contributed by atoms with Crippen molar-refractivity contribution in [3.8, 4) is 0 Å². The molecule has 120 valence electrons. The lowest BCUT2D eigenvalue weighted by molar-refractivity contribution is 0.274. The van der Waals surface area contributed by atoms with Crippen molar-refractivity contribution < 1.29 is 5.11 Å². The van der Waals surface area contributed by atoms with E-state index in [0.29, 0.717) is 18.4 Å². The lowest BCUT2D eigenvalue weighted by atomic mass is 9.92. The Bertz CT molecular complexity index is 314. The fourth-order valence-electron chi connectivity index (χ4n) is 2.92. The Balaban J connectivity index is 2.24. The van der Waals surface area contributed by atoms with Gasteiger partial charge >= 0.3 is 0 Å². The third-order valence-electron chi connectivity index (χ3n) is 4.31. The fraction of sp³-hybridized carbons (Fsp3) is 0.700. The quantitative estimate of drug-likeness (QED) is 0.355. The zero-order valence-corrected chi connectivity index (χ0v) is 13.8. The highest BCUT2D eigenvalue weighted by Crippen LogP contribution is 2.21. The summed E-state index contributed by atoms with van der Waals surface area (Å²) in [5.74, 6) is 1.24. The van der Waals surface area contributed by atoms with Crippen LogP contribution in [0.4, 0.5) is 0 Å². The molecule has 21 heavy (non-hydrogen) atoms. The average molecular weight is 290 g/mol. The van der Waals surface area contributed by atoms with E-state index < -0.39 is 0 Å². The number of aliphatic hydroxyl groups excluding tert-OH is 1. The first kappa shape index (κ1) is 18.2. The third-order valence-corrected chi connectivity index (χ3v) is 4.31. The smallest absolute Gasteiger partial charge is 0.0431 e. The van der Waals surface area contributed by atoms with Crippen LogP contribution in [0.15, 0.2) is 36.5 Å². The Morgan fingerprint density at radius 2 is 1.81 bits per heavy atom. The summed E-state index contributed by atoms with van der Waals surface area (Å²) in [4.78, 5) is 0. The predicted octanol–water partition coefficient (Wildman–Crippen LogP) is 5.81. The average Bonchev–Trinajstić information content (AvgIpc) is 2.53. The van der Waals surface area contributed by atoms with Crippen molar-refractivity contribution in [2.45, 2.75) is 71.1 Å². The van der Waals surface area contributed by atoms with Crippen LogP contribution in [-0.2, 0) is 0 Å². The van der Waals surface area contributed by atoms with Crippen LogP contribution < -0.4 is 0 Å². The zero-order chi connectivity index (χ0) is 15.2. The molecule has 1 nitrogen and oxygen atoms in total. The number of aliphatic hydroxyl groups is 1. The van der Waals surface area contributed by atoms with Crippen molar-refractivity contribution in [2.75, 3.05) is 6.61 Å². The highest BCUT2D eigenvalue weighted by atomic mass is 16.2. The number of allylic oxidation sites excluding steroid dienone is 6. The van der Waals surface area contributed by atoms with E-state index in [9.17, 15) is 0 Å². The van der Waals surface area contributed by atoms with Crippen molar-refractivity contribution in [3.05, 3.63) is 36.5 Å². The molecule has 2 unspecified atom stereocenters. The minimum Gasteiger partial charge on any atom is -0.396 e. The van der Waals surface area contributed by atoms with Gasteiger partial charge in [-0.25, -0.2) is 0 Å². The van der Waals surface area contributed by atoms with E-state index in [1.807, 2.05) is 0 Å². The molecule has 0 bridgehead atoms. The van der Waals surface area contributed by atoms with Gasteiger partial charge in [0.1, 0.15) is 0 Å². The van der Waals surface area contributed by atoms with Crippen LogP contribution in [0.1, 0.15) is 71.1 Å². The van der Waals surface area contributed by atoms with Crippen molar-refractivity contribution >= 4 is 0 Å². The maximum atomic E-state index is 9.06. The van der Waals surface area contributed by atoms with Gasteiger partial charge in [0.2, 0.25) is 0 Å². The Kier molecular flexibility index (Phi) is 11.2. The van der Waals surface area contributed by atoms with Crippen LogP contribution >= 0.6 is 0 Å². The fourth-order valence-corrected chi connectivity index (χ4v) is 2.92. The van der Waals surface area contributed by atoms with Crippen LogP contribution in [0.2, 0.25) is 0 Å². The van der Waals surface area contributed by atoms with Crippen LogP contribution in [0, 0.1) is 11.8 Å². The molecule has 0 heterocycles. The molecule has 0 fully saturated rings. The molecular weight excluding hydrogens is 256 g/mol. The monoisotopic (exact) mass is 290 g/mol. The maximum Gasteiger partial charge on any atom is 0.0431 e. The molecular formula is C20H34O. The van der Waals surface area contributed by atoms with Crippen LogP contribution in [-0.4, -0.2) is 11.7 Å². The van der Waals surface area contributed by atoms with E-state index in [4.69, 9.17) is 5.11 Å². The molecule has 0 amide bonds. The minimum atomic E-state index is 0.326. The molecule has 2 atom stereocenters. The van der Waals surface area contributed by atoms with Gasteiger partial charge in [0.15, 0.2) is 0 Å². The third kappa shape index (κ3) is 9.68. The van der Waals surface area contributed by atoms with Gasteiger partial charge < -0.3 is 5.11 Å².